The Labute approximate surface area is 160 Å². The number of nitrogens with one attached hydrogen (secondary N) is 1. The summed E-state index contributed by atoms with van der Waals surface area (Å²) >= 11 is 0. The van der Waals surface area contributed by atoms with Crippen LogP contribution in [0.3, 0.4) is 0 Å². The molecular formula is C20H19N3O5. The SMILES string of the molecule is COc1cccc2cc(C(N)=O)/c(=N/NC(=O)COc3ccccc3C)oc12. The Morgan fingerprint density at radius 3 is 2.61 bits per heavy atom. The zero-order valence-electron chi connectivity index (χ0n) is 15.4. The first-order valence-corrected chi connectivity index (χ1v) is 8.41. The van der Waals surface area contributed by atoms with Crippen LogP contribution in [0.15, 0.2) is 58.0 Å². The second-order valence-corrected chi connectivity index (χ2v) is 5.91. The number of primary amides is 1. The molecule has 0 saturated heterocycles. The van der Waals surface area contributed by atoms with Gasteiger partial charge < -0.3 is 19.6 Å². The first-order chi connectivity index (χ1) is 13.5. The molecule has 0 fully saturated rings. The topological polar surface area (TPSA) is 116 Å². The summed E-state index contributed by atoms with van der Waals surface area (Å²) in [5.74, 6) is -0.207. The van der Waals surface area contributed by atoms with Crippen LogP contribution in [0.1, 0.15) is 15.9 Å². The van der Waals surface area contributed by atoms with Crippen molar-refractivity contribution in [3.8, 4) is 11.5 Å². The van der Waals surface area contributed by atoms with E-state index in [1.807, 2.05) is 25.1 Å². The van der Waals surface area contributed by atoms with Gasteiger partial charge in [-0.3, -0.25) is 9.59 Å². The molecule has 28 heavy (non-hydrogen) atoms. The van der Waals surface area contributed by atoms with Crippen LogP contribution in [0, 0.1) is 6.92 Å². The van der Waals surface area contributed by atoms with E-state index in [1.54, 1.807) is 24.3 Å². The summed E-state index contributed by atoms with van der Waals surface area (Å²) in [6.45, 7) is 1.62. The highest BCUT2D eigenvalue weighted by atomic mass is 16.5. The second kappa shape index (κ2) is 8.26. The van der Waals surface area contributed by atoms with Crippen molar-refractivity contribution in [1.29, 1.82) is 0 Å². The van der Waals surface area contributed by atoms with E-state index in [0.717, 1.165) is 5.56 Å². The van der Waals surface area contributed by atoms with Gasteiger partial charge >= 0.3 is 0 Å². The van der Waals surface area contributed by atoms with E-state index in [1.165, 1.54) is 13.2 Å². The average molecular weight is 381 g/mol. The highest BCUT2D eigenvalue weighted by Crippen LogP contribution is 2.24. The number of rotatable bonds is 6. The minimum atomic E-state index is -0.738. The maximum absolute atomic E-state index is 12.1. The summed E-state index contributed by atoms with van der Waals surface area (Å²) in [6.07, 6.45) is 0. The van der Waals surface area contributed by atoms with E-state index in [2.05, 4.69) is 10.5 Å². The van der Waals surface area contributed by atoms with Crippen LogP contribution in [-0.2, 0) is 4.79 Å². The number of fused-ring (bicyclic) bond motifs is 1. The highest BCUT2D eigenvalue weighted by Gasteiger charge is 2.12. The van der Waals surface area contributed by atoms with Crippen LogP contribution in [0.25, 0.3) is 11.0 Å². The monoisotopic (exact) mass is 381 g/mol. The molecule has 0 bridgehead atoms. The number of aryl methyl sites for hydroxylation is 1. The number of methoxy groups -OCH3 is 1. The number of carbonyl (C=O) groups excluding carboxylic acids is 2. The number of hydrogen-bond donors (Lipinski definition) is 2. The van der Waals surface area contributed by atoms with Gasteiger partial charge in [-0.25, -0.2) is 5.43 Å². The number of amides is 2. The fourth-order valence-corrected chi connectivity index (χ4v) is 2.55. The van der Waals surface area contributed by atoms with Crippen molar-refractivity contribution in [2.75, 3.05) is 13.7 Å². The van der Waals surface area contributed by atoms with Crippen molar-refractivity contribution < 1.29 is 23.5 Å². The van der Waals surface area contributed by atoms with Crippen LogP contribution in [0.5, 0.6) is 11.5 Å². The molecular weight excluding hydrogens is 362 g/mol. The summed E-state index contributed by atoms with van der Waals surface area (Å²) in [6, 6.07) is 14.0. The summed E-state index contributed by atoms with van der Waals surface area (Å²) in [5, 5.41) is 4.50. The van der Waals surface area contributed by atoms with Gasteiger partial charge in [0, 0.05) is 5.39 Å². The maximum atomic E-state index is 12.1. The Kier molecular flexibility index (Phi) is 5.59. The average Bonchev–Trinajstić information content (AvgIpc) is 2.70. The zero-order chi connectivity index (χ0) is 20.1. The molecule has 1 aromatic heterocycles. The molecule has 0 aliphatic carbocycles. The van der Waals surface area contributed by atoms with E-state index in [0.29, 0.717) is 22.5 Å². The van der Waals surface area contributed by atoms with E-state index < -0.39 is 11.8 Å². The van der Waals surface area contributed by atoms with Gasteiger partial charge in [-0.15, -0.1) is 5.10 Å². The minimum absolute atomic E-state index is 0.0286. The van der Waals surface area contributed by atoms with Crippen LogP contribution >= 0.6 is 0 Å². The van der Waals surface area contributed by atoms with Gasteiger partial charge in [0.05, 0.1) is 7.11 Å². The van der Waals surface area contributed by atoms with Crippen LogP contribution in [0.2, 0.25) is 0 Å². The Balaban J connectivity index is 1.85. The van der Waals surface area contributed by atoms with Crippen LogP contribution in [-0.4, -0.2) is 25.5 Å². The lowest BCUT2D eigenvalue weighted by Crippen LogP contribution is -2.29. The van der Waals surface area contributed by atoms with Crippen molar-refractivity contribution in [1.82, 2.24) is 5.43 Å². The summed E-state index contributed by atoms with van der Waals surface area (Å²) in [7, 11) is 1.49. The fraction of sp³-hybridized carbons (Fsp3) is 0.150. The first kappa shape index (κ1) is 19.0. The van der Waals surface area contributed by atoms with Crippen LogP contribution < -0.4 is 26.2 Å². The van der Waals surface area contributed by atoms with Crippen molar-refractivity contribution in [3.05, 3.63) is 65.2 Å². The second-order valence-electron chi connectivity index (χ2n) is 5.91. The van der Waals surface area contributed by atoms with Crippen LogP contribution in [0.4, 0.5) is 0 Å². The summed E-state index contributed by atoms with van der Waals surface area (Å²) in [4.78, 5) is 23.8. The minimum Gasteiger partial charge on any atom is -0.493 e. The predicted octanol–water partition coefficient (Wildman–Crippen LogP) is 1.86. The zero-order valence-corrected chi connectivity index (χ0v) is 15.4. The first-order valence-electron chi connectivity index (χ1n) is 8.41. The van der Waals surface area contributed by atoms with Crippen molar-refractivity contribution >= 4 is 22.8 Å². The predicted molar refractivity (Wildman–Crippen MR) is 102 cm³/mol. The van der Waals surface area contributed by atoms with E-state index in [-0.39, 0.29) is 17.7 Å². The molecule has 0 spiro atoms. The van der Waals surface area contributed by atoms with E-state index in [4.69, 9.17) is 19.6 Å². The Hall–Kier alpha value is -3.81. The smallest absolute Gasteiger partial charge is 0.278 e. The molecule has 3 aromatic rings. The molecule has 144 valence electrons. The third-order valence-corrected chi connectivity index (χ3v) is 3.96. The number of carbonyl (C=O) groups is 2. The fourth-order valence-electron chi connectivity index (χ4n) is 2.55. The van der Waals surface area contributed by atoms with Gasteiger partial charge in [-0.2, -0.15) is 0 Å². The van der Waals surface area contributed by atoms with E-state index in [9.17, 15) is 9.59 Å². The standard InChI is InChI=1S/C20H19N3O5/c1-12-6-3-4-8-15(12)27-11-17(24)22-23-20-14(19(21)25)10-13-7-5-9-16(26-2)18(13)28-20/h3-10H,11H2,1-2H3,(H2,21,25)(H,22,24)/b23-20-. The third-order valence-electron chi connectivity index (χ3n) is 3.96. The Morgan fingerprint density at radius 1 is 1.14 bits per heavy atom. The van der Waals surface area contributed by atoms with Crippen molar-refractivity contribution in [3.63, 3.8) is 0 Å². The quantitative estimate of drug-likeness (QED) is 0.632. The molecule has 3 N–H and O–H groups in total. The van der Waals surface area contributed by atoms with E-state index >= 15 is 0 Å². The number of nitrogens with zero attached hydrogens (tertiary/aromatic N) is 1. The van der Waals surface area contributed by atoms with Crippen molar-refractivity contribution in [2.24, 2.45) is 10.8 Å². The van der Waals surface area contributed by atoms with Crippen molar-refractivity contribution in [2.45, 2.75) is 6.92 Å². The number of nitrogens with two attached hydrogens (primary N) is 1. The molecule has 0 unspecified atom stereocenters. The molecule has 3 rings (SSSR count). The molecule has 1 heterocycles. The lowest BCUT2D eigenvalue weighted by molar-refractivity contribution is -0.123. The third kappa shape index (κ3) is 4.12. The molecule has 0 atom stereocenters. The molecule has 0 aliphatic rings. The number of ether oxygens (including phenoxy) is 2. The van der Waals surface area contributed by atoms with Gasteiger partial charge in [-0.1, -0.05) is 30.3 Å². The van der Waals surface area contributed by atoms with Gasteiger partial charge in [0.1, 0.15) is 11.3 Å². The maximum Gasteiger partial charge on any atom is 0.278 e. The normalized spacial score (nSPS) is 11.3. The molecule has 8 nitrogen and oxygen atoms in total. The van der Waals surface area contributed by atoms with Gasteiger partial charge in [0.15, 0.2) is 17.9 Å². The largest absolute Gasteiger partial charge is 0.493 e. The Morgan fingerprint density at radius 2 is 1.89 bits per heavy atom. The number of benzene rings is 2. The number of para-hydroxylation sites is 2. The molecule has 0 aliphatic heterocycles. The lowest BCUT2D eigenvalue weighted by atomic mass is 10.1. The van der Waals surface area contributed by atoms with Gasteiger partial charge in [-0.05, 0) is 30.7 Å². The summed E-state index contributed by atoms with van der Waals surface area (Å²) < 4.78 is 16.4. The molecule has 0 saturated carbocycles. The lowest BCUT2D eigenvalue weighted by Gasteiger charge is -2.08. The molecule has 2 amide bonds. The number of hydrogen-bond acceptors (Lipinski definition) is 6. The Bertz CT molecular complexity index is 1100. The molecule has 2 aromatic carbocycles. The van der Waals surface area contributed by atoms with Gasteiger partial charge in [0.25, 0.3) is 11.8 Å². The summed E-state index contributed by atoms with van der Waals surface area (Å²) in [5.41, 5.74) is 8.89. The molecule has 0 radical (unpaired) electrons. The molecule has 8 heteroatoms. The van der Waals surface area contributed by atoms with Gasteiger partial charge in [0.2, 0.25) is 5.55 Å². The highest BCUT2D eigenvalue weighted by molar-refractivity contribution is 5.96.